The molecule has 2 nitrogen and oxygen atoms in total. The van der Waals surface area contributed by atoms with Crippen LogP contribution in [0, 0.1) is 0 Å². The first-order valence-corrected chi connectivity index (χ1v) is 6.14. The summed E-state index contributed by atoms with van der Waals surface area (Å²) in [5.74, 6) is 0.958. The van der Waals surface area contributed by atoms with Gasteiger partial charge in [-0.15, -0.1) is 0 Å². The summed E-state index contributed by atoms with van der Waals surface area (Å²) in [4.78, 5) is 0. The molecule has 0 spiro atoms. The maximum atomic E-state index is 6.07. The second-order valence-corrected chi connectivity index (χ2v) is 4.84. The molecule has 0 unspecified atom stereocenters. The highest BCUT2D eigenvalue weighted by molar-refractivity contribution is 6.30. The fourth-order valence-electron chi connectivity index (χ4n) is 2.15. The van der Waals surface area contributed by atoms with Gasteiger partial charge in [-0.05, 0) is 37.6 Å². The average Bonchev–Trinajstić information content (AvgIpc) is 3.07. The van der Waals surface area contributed by atoms with Crippen molar-refractivity contribution in [3.63, 3.8) is 0 Å². The van der Waals surface area contributed by atoms with E-state index in [2.05, 4.69) is 12.2 Å². The van der Waals surface area contributed by atoms with E-state index >= 15 is 0 Å². The van der Waals surface area contributed by atoms with Crippen molar-refractivity contribution in [3.8, 4) is 5.75 Å². The van der Waals surface area contributed by atoms with Crippen LogP contribution in [-0.2, 0) is 5.41 Å². The van der Waals surface area contributed by atoms with Gasteiger partial charge in [0.15, 0.2) is 0 Å². The van der Waals surface area contributed by atoms with Gasteiger partial charge < -0.3 is 10.1 Å². The second kappa shape index (κ2) is 4.64. The lowest BCUT2D eigenvalue weighted by Crippen LogP contribution is -2.27. The van der Waals surface area contributed by atoms with E-state index in [-0.39, 0.29) is 5.41 Å². The molecular weight excluding hydrogens is 222 g/mol. The highest BCUT2D eigenvalue weighted by Crippen LogP contribution is 2.51. The number of benzene rings is 1. The lowest BCUT2D eigenvalue weighted by atomic mass is 9.95. The van der Waals surface area contributed by atoms with Crippen LogP contribution < -0.4 is 10.1 Å². The molecule has 0 heterocycles. The van der Waals surface area contributed by atoms with Crippen molar-refractivity contribution in [2.45, 2.75) is 25.2 Å². The molecule has 0 saturated heterocycles. The van der Waals surface area contributed by atoms with E-state index in [0.29, 0.717) is 0 Å². The lowest BCUT2D eigenvalue weighted by Gasteiger charge is -2.19. The Hall–Kier alpha value is -0.730. The Morgan fingerprint density at radius 3 is 2.75 bits per heavy atom. The molecular formula is C13H18ClNO. The normalized spacial score (nSPS) is 17.2. The van der Waals surface area contributed by atoms with Crippen LogP contribution in [0.4, 0.5) is 0 Å². The Balaban J connectivity index is 2.28. The van der Waals surface area contributed by atoms with Crippen molar-refractivity contribution in [2.24, 2.45) is 0 Å². The standard InChI is InChI=1S/C13H18ClNO/c1-3-15-9-13(6-7-13)11-8-10(14)4-5-12(11)16-2/h4-5,8,15H,3,6-7,9H2,1-2H3. The summed E-state index contributed by atoms with van der Waals surface area (Å²) in [5, 5.41) is 4.21. The molecule has 1 N–H and O–H groups in total. The number of methoxy groups -OCH3 is 1. The van der Waals surface area contributed by atoms with E-state index < -0.39 is 0 Å². The van der Waals surface area contributed by atoms with Crippen LogP contribution in [0.1, 0.15) is 25.3 Å². The summed E-state index contributed by atoms with van der Waals surface area (Å²) in [6, 6.07) is 5.89. The molecule has 1 aliphatic carbocycles. The molecule has 0 bridgehead atoms. The largest absolute Gasteiger partial charge is 0.496 e. The minimum Gasteiger partial charge on any atom is -0.496 e. The topological polar surface area (TPSA) is 21.3 Å². The zero-order valence-corrected chi connectivity index (χ0v) is 10.6. The molecule has 1 aromatic rings. The monoisotopic (exact) mass is 239 g/mol. The molecule has 1 fully saturated rings. The van der Waals surface area contributed by atoms with Gasteiger partial charge in [0, 0.05) is 22.5 Å². The van der Waals surface area contributed by atoms with Gasteiger partial charge in [0.2, 0.25) is 0 Å². The van der Waals surface area contributed by atoms with Crippen molar-refractivity contribution in [1.29, 1.82) is 0 Å². The van der Waals surface area contributed by atoms with Crippen molar-refractivity contribution >= 4 is 11.6 Å². The summed E-state index contributed by atoms with van der Waals surface area (Å²) in [7, 11) is 1.72. The smallest absolute Gasteiger partial charge is 0.122 e. The molecule has 88 valence electrons. The summed E-state index contributed by atoms with van der Waals surface area (Å²) >= 11 is 6.07. The van der Waals surface area contributed by atoms with Gasteiger partial charge in [-0.25, -0.2) is 0 Å². The van der Waals surface area contributed by atoms with Crippen LogP contribution in [0.15, 0.2) is 18.2 Å². The maximum Gasteiger partial charge on any atom is 0.122 e. The molecule has 0 aromatic heterocycles. The fourth-order valence-corrected chi connectivity index (χ4v) is 2.32. The number of nitrogens with one attached hydrogen (secondary N) is 1. The van der Waals surface area contributed by atoms with Crippen LogP contribution in [-0.4, -0.2) is 20.2 Å². The van der Waals surface area contributed by atoms with Gasteiger partial charge in [-0.1, -0.05) is 18.5 Å². The zero-order chi connectivity index (χ0) is 11.6. The second-order valence-electron chi connectivity index (χ2n) is 4.41. The summed E-state index contributed by atoms with van der Waals surface area (Å²) in [6.45, 7) is 4.15. The predicted octanol–water partition coefficient (Wildman–Crippen LogP) is 2.99. The highest BCUT2D eigenvalue weighted by Gasteiger charge is 2.45. The number of hydrogen-bond donors (Lipinski definition) is 1. The minimum absolute atomic E-state index is 0.256. The highest BCUT2D eigenvalue weighted by atomic mass is 35.5. The van der Waals surface area contributed by atoms with Crippen LogP contribution in [0.5, 0.6) is 5.75 Å². The van der Waals surface area contributed by atoms with E-state index in [1.54, 1.807) is 7.11 Å². The van der Waals surface area contributed by atoms with Gasteiger partial charge in [-0.3, -0.25) is 0 Å². The van der Waals surface area contributed by atoms with Crippen LogP contribution in [0.2, 0.25) is 5.02 Å². The third kappa shape index (κ3) is 2.18. The Bertz CT molecular complexity index is 374. The number of rotatable bonds is 5. The van der Waals surface area contributed by atoms with Crippen LogP contribution in [0.25, 0.3) is 0 Å². The first kappa shape index (κ1) is 11.7. The van der Waals surface area contributed by atoms with Gasteiger partial charge in [0.05, 0.1) is 7.11 Å². The maximum absolute atomic E-state index is 6.07. The Morgan fingerprint density at radius 1 is 1.44 bits per heavy atom. The zero-order valence-electron chi connectivity index (χ0n) is 9.85. The van der Waals surface area contributed by atoms with Crippen molar-refractivity contribution in [2.75, 3.05) is 20.2 Å². The summed E-state index contributed by atoms with van der Waals surface area (Å²) < 4.78 is 5.42. The predicted molar refractivity (Wildman–Crippen MR) is 67.5 cm³/mol. The van der Waals surface area contributed by atoms with Gasteiger partial charge in [-0.2, -0.15) is 0 Å². The molecule has 0 atom stereocenters. The number of halogens is 1. The molecule has 0 aliphatic heterocycles. The minimum atomic E-state index is 0.256. The van der Waals surface area contributed by atoms with Crippen molar-refractivity contribution < 1.29 is 4.74 Å². The van der Waals surface area contributed by atoms with E-state index in [1.807, 2.05) is 18.2 Å². The van der Waals surface area contributed by atoms with E-state index in [1.165, 1.54) is 18.4 Å². The van der Waals surface area contributed by atoms with Crippen LogP contribution in [0.3, 0.4) is 0 Å². The third-order valence-corrected chi connectivity index (χ3v) is 3.53. The average molecular weight is 240 g/mol. The number of likely N-dealkylation sites (N-methyl/N-ethyl adjacent to an activating group) is 1. The van der Waals surface area contributed by atoms with Gasteiger partial charge >= 0.3 is 0 Å². The Kier molecular flexibility index (Phi) is 3.41. The molecule has 2 rings (SSSR count). The quantitative estimate of drug-likeness (QED) is 0.853. The number of ether oxygens (including phenoxy) is 1. The van der Waals surface area contributed by atoms with Gasteiger partial charge in [0.25, 0.3) is 0 Å². The molecule has 0 amide bonds. The lowest BCUT2D eigenvalue weighted by molar-refractivity contribution is 0.402. The van der Waals surface area contributed by atoms with E-state index in [4.69, 9.17) is 16.3 Å². The third-order valence-electron chi connectivity index (χ3n) is 3.30. The Labute approximate surface area is 102 Å². The summed E-state index contributed by atoms with van der Waals surface area (Å²) in [5.41, 5.74) is 1.51. The molecule has 3 heteroatoms. The fraction of sp³-hybridized carbons (Fsp3) is 0.538. The van der Waals surface area contributed by atoms with E-state index in [9.17, 15) is 0 Å². The molecule has 1 aliphatic rings. The van der Waals surface area contributed by atoms with Crippen molar-refractivity contribution in [1.82, 2.24) is 5.32 Å². The van der Waals surface area contributed by atoms with Crippen LogP contribution >= 0.6 is 11.6 Å². The Morgan fingerprint density at radius 2 is 2.19 bits per heavy atom. The molecule has 16 heavy (non-hydrogen) atoms. The molecule has 1 saturated carbocycles. The first-order chi connectivity index (χ1) is 7.72. The van der Waals surface area contributed by atoms with E-state index in [0.717, 1.165) is 23.9 Å². The number of hydrogen-bond acceptors (Lipinski definition) is 2. The first-order valence-electron chi connectivity index (χ1n) is 5.76. The van der Waals surface area contributed by atoms with Gasteiger partial charge in [0.1, 0.15) is 5.75 Å². The van der Waals surface area contributed by atoms with Crippen molar-refractivity contribution in [3.05, 3.63) is 28.8 Å². The molecule has 0 radical (unpaired) electrons. The SMILES string of the molecule is CCNCC1(c2cc(Cl)ccc2OC)CC1. The summed E-state index contributed by atoms with van der Waals surface area (Å²) in [6.07, 6.45) is 2.44. The molecule has 1 aromatic carbocycles.